The van der Waals surface area contributed by atoms with Gasteiger partial charge in [0.2, 0.25) is 5.82 Å². The van der Waals surface area contributed by atoms with Crippen LogP contribution in [-0.2, 0) is 0 Å². The maximum atomic E-state index is 13.4. The van der Waals surface area contributed by atoms with Gasteiger partial charge in [-0.05, 0) is 31.7 Å². The summed E-state index contributed by atoms with van der Waals surface area (Å²) in [6.07, 6.45) is 3.91. The fraction of sp³-hybridized carbons (Fsp3) is 0.500. The normalized spacial score (nSPS) is 23.7. The zero-order valence-electron chi connectivity index (χ0n) is 9.93. The SMILES string of the molecule is NC1CCCC(Nc2ccc([N+](=O)[O-])c(F)c2)C1. The van der Waals surface area contributed by atoms with Gasteiger partial charge in [0.05, 0.1) is 4.92 Å². The number of benzene rings is 1. The molecule has 1 saturated carbocycles. The standard InChI is InChI=1S/C12H16FN3O2/c13-11-7-10(4-5-12(11)16(17)18)15-9-3-1-2-8(14)6-9/h4-5,7-9,15H,1-3,6,14H2. The Kier molecular flexibility index (Phi) is 3.76. The van der Waals surface area contributed by atoms with Crippen molar-refractivity contribution >= 4 is 11.4 Å². The Morgan fingerprint density at radius 2 is 2.22 bits per heavy atom. The molecule has 0 heterocycles. The molecule has 0 radical (unpaired) electrons. The van der Waals surface area contributed by atoms with E-state index in [0.29, 0.717) is 5.69 Å². The van der Waals surface area contributed by atoms with Gasteiger partial charge in [0.15, 0.2) is 0 Å². The molecule has 0 spiro atoms. The van der Waals surface area contributed by atoms with Gasteiger partial charge in [0.25, 0.3) is 0 Å². The average molecular weight is 253 g/mol. The quantitative estimate of drug-likeness (QED) is 0.640. The number of halogens is 1. The molecule has 1 aliphatic rings. The van der Waals surface area contributed by atoms with Gasteiger partial charge in [-0.2, -0.15) is 4.39 Å². The number of anilines is 1. The van der Waals surface area contributed by atoms with E-state index in [9.17, 15) is 14.5 Å². The first kappa shape index (κ1) is 12.8. The van der Waals surface area contributed by atoms with Crippen molar-refractivity contribution in [2.24, 2.45) is 5.73 Å². The van der Waals surface area contributed by atoms with Crippen LogP contribution in [0.5, 0.6) is 0 Å². The smallest absolute Gasteiger partial charge is 0.304 e. The third kappa shape index (κ3) is 2.95. The molecule has 3 N–H and O–H groups in total. The van der Waals surface area contributed by atoms with E-state index in [0.717, 1.165) is 31.7 Å². The first-order valence-electron chi connectivity index (χ1n) is 6.02. The molecule has 2 unspecified atom stereocenters. The van der Waals surface area contributed by atoms with Crippen molar-refractivity contribution in [1.29, 1.82) is 0 Å². The molecule has 98 valence electrons. The topological polar surface area (TPSA) is 81.2 Å². The van der Waals surface area contributed by atoms with E-state index < -0.39 is 16.4 Å². The molecular formula is C12H16FN3O2. The van der Waals surface area contributed by atoms with Gasteiger partial charge < -0.3 is 11.1 Å². The molecule has 5 nitrogen and oxygen atoms in total. The molecule has 1 aromatic rings. The Bertz CT molecular complexity index is 453. The minimum atomic E-state index is -0.815. The molecule has 0 bridgehead atoms. The number of hydrogen-bond acceptors (Lipinski definition) is 4. The van der Waals surface area contributed by atoms with Crippen LogP contribution >= 0.6 is 0 Å². The predicted molar refractivity (Wildman–Crippen MR) is 66.9 cm³/mol. The van der Waals surface area contributed by atoms with Gasteiger partial charge >= 0.3 is 5.69 Å². The lowest BCUT2D eigenvalue weighted by Gasteiger charge is -2.28. The zero-order chi connectivity index (χ0) is 13.1. The fourth-order valence-electron chi connectivity index (χ4n) is 2.34. The van der Waals surface area contributed by atoms with Crippen LogP contribution in [0.25, 0.3) is 0 Å². The molecule has 1 aromatic carbocycles. The summed E-state index contributed by atoms with van der Waals surface area (Å²) in [6, 6.07) is 4.27. The summed E-state index contributed by atoms with van der Waals surface area (Å²) in [4.78, 5) is 9.77. The van der Waals surface area contributed by atoms with E-state index in [2.05, 4.69) is 5.32 Å². The number of nitro groups is 1. The van der Waals surface area contributed by atoms with Crippen LogP contribution in [0, 0.1) is 15.9 Å². The first-order chi connectivity index (χ1) is 8.56. The highest BCUT2D eigenvalue weighted by molar-refractivity contribution is 5.50. The molecule has 0 aliphatic heterocycles. The monoisotopic (exact) mass is 253 g/mol. The molecule has 2 atom stereocenters. The predicted octanol–water partition coefficient (Wildman–Crippen LogP) is 2.42. The number of nitrogens with zero attached hydrogens (tertiary/aromatic N) is 1. The van der Waals surface area contributed by atoms with Gasteiger partial charge in [0, 0.05) is 29.9 Å². The van der Waals surface area contributed by atoms with E-state index >= 15 is 0 Å². The van der Waals surface area contributed by atoms with Crippen molar-refractivity contribution in [3.63, 3.8) is 0 Å². The number of hydrogen-bond donors (Lipinski definition) is 2. The molecule has 0 aromatic heterocycles. The lowest BCUT2D eigenvalue weighted by atomic mass is 9.91. The van der Waals surface area contributed by atoms with Crippen LogP contribution in [0.1, 0.15) is 25.7 Å². The first-order valence-corrected chi connectivity index (χ1v) is 6.02. The largest absolute Gasteiger partial charge is 0.382 e. The molecule has 1 aliphatic carbocycles. The van der Waals surface area contributed by atoms with Crippen molar-refractivity contribution in [2.45, 2.75) is 37.8 Å². The van der Waals surface area contributed by atoms with Gasteiger partial charge in [-0.15, -0.1) is 0 Å². The van der Waals surface area contributed by atoms with Crippen LogP contribution in [0.2, 0.25) is 0 Å². The van der Waals surface area contributed by atoms with Crippen molar-refractivity contribution in [2.75, 3.05) is 5.32 Å². The highest BCUT2D eigenvalue weighted by atomic mass is 19.1. The Hall–Kier alpha value is -1.69. The number of nitrogens with one attached hydrogen (secondary N) is 1. The van der Waals surface area contributed by atoms with E-state index in [1.807, 2.05) is 0 Å². The van der Waals surface area contributed by atoms with E-state index in [-0.39, 0.29) is 12.1 Å². The van der Waals surface area contributed by atoms with E-state index in [1.54, 1.807) is 0 Å². The minimum absolute atomic E-state index is 0.180. The van der Waals surface area contributed by atoms with Crippen LogP contribution < -0.4 is 11.1 Å². The van der Waals surface area contributed by atoms with Crippen LogP contribution in [0.4, 0.5) is 15.8 Å². The summed E-state index contributed by atoms with van der Waals surface area (Å²) in [5, 5.41) is 13.7. The third-order valence-corrected chi connectivity index (χ3v) is 3.23. The summed E-state index contributed by atoms with van der Waals surface area (Å²) in [5.41, 5.74) is 5.94. The maximum absolute atomic E-state index is 13.4. The maximum Gasteiger partial charge on any atom is 0.304 e. The summed E-state index contributed by atoms with van der Waals surface area (Å²) in [6.45, 7) is 0. The second kappa shape index (κ2) is 5.30. The molecule has 18 heavy (non-hydrogen) atoms. The van der Waals surface area contributed by atoms with Gasteiger partial charge in [-0.3, -0.25) is 10.1 Å². The van der Waals surface area contributed by atoms with Gasteiger partial charge in [0.1, 0.15) is 0 Å². The van der Waals surface area contributed by atoms with Crippen LogP contribution in [-0.4, -0.2) is 17.0 Å². The number of nitro benzene ring substituents is 1. The summed E-state index contributed by atoms with van der Waals surface area (Å²) < 4.78 is 13.4. The molecule has 0 saturated heterocycles. The van der Waals surface area contributed by atoms with Gasteiger partial charge in [-0.1, -0.05) is 0 Å². The lowest BCUT2D eigenvalue weighted by molar-refractivity contribution is -0.387. The lowest BCUT2D eigenvalue weighted by Crippen LogP contribution is -2.34. The average Bonchev–Trinajstić information content (AvgIpc) is 2.28. The Morgan fingerprint density at radius 1 is 1.44 bits per heavy atom. The van der Waals surface area contributed by atoms with Crippen molar-refractivity contribution in [3.05, 3.63) is 34.1 Å². The van der Waals surface area contributed by atoms with Crippen molar-refractivity contribution in [1.82, 2.24) is 0 Å². The fourth-order valence-corrected chi connectivity index (χ4v) is 2.34. The van der Waals surface area contributed by atoms with E-state index in [1.165, 1.54) is 12.1 Å². The highest BCUT2D eigenvalue weighted by Gasteiger charge is 2.20. The molecular weight excluding hydrogens is 237 g/mol. The van der Waals surface area contributed by atoms with Crippen molar-refractivity contribution in [3.8, 4) is 0 Å². The second-order valence-corrected chi connectivity index (χ2v) is 4.69. The second-order valence-electron chi connectivity index (χ2n) is 4.69. The molecule has 1 fully saturated rings. The Morgan fingerprint density at radius 3 is 2.83 bits per heavy atom. The zero-order valence-corrected chi connectivity index (χ0v) is 9.93. The number of nitrogens with two attached hydrogens (primary N) is 1. The third-order valence-electron chi connectivity index (χ3n) is 3.23. The summed E-state index contributed by atoms with van der Waals surface area (Å²) in [5.74, 6) is -0.815. The molecule has 0 amide bonds. The minimum Gasteiger partial charge on any atom is -0.382 e. The Labute approximate surface area is 104 Å². The van der Waals surface area contributed by atoms with Gasteiger partial charge in [-0.25, -0.2) is 0 Å². The molecule has 2 rings (SSSR count). The molecule has 6 heteroatoms. The van der Waals surface area contributed by atoms with Crippen LogP contribution in [0.15, 0.2) is 18.2 Å². The summed E-state index contributed by atoms with van der Waals surface area (Å²) >= 11 is 0. The summed E-state index contributed by atoms with van der Waals surface area (Å²) in [7, 11) is 0. The van der Waals surface area contributed by atoms with E-state index in [4.69, 9.17) is 5.73 Å². The van der Waals surface area contributed by atoms with Crippen LogP contribution in [0.3, 0.4) is 0 Å². The highest BCUT2D eigenvalue weighted by Crippen LogP contribution is 2.24. The number of rotatable bonds is 3. The van der Waals surface area contributed by atoms with Crippen molar-refractivity contribution < 1.29 is 9.31 Å². The Balaban J connectivity index is 2.05.